The van der Waals surface area contributed by atoms with E-state index in [1.54, 1.807) is 0 Å². The van der Waals surface area contributed by atoms with Crippen LogP contribution < -0.4 is 0 Å². The van der Waals surface area contributed by atoms with Gasteiger partial charge in [0.15, 0.2) is 6.29 Å². The number of carboxylic acid groups (broad SMARTS) is 1. The van der Waals surface area contributed by atoms with Gasteiger partial charge in [-0.2, -0.15) is 0 Å². The van der Waals surface area contributed by atoms with Crippen LogP contribution in [0.4, 0.5) is 0 Å². The van der Waals surface area contributed by atoms with E-state index in [9.17, 15) is 30.3 Å². The number of ether oxygens (including phenoxy) is 3. The molecule has 2 aliphatic heterocycles. The van der Waals surface area contributed by atoms with Crippen LogP contribution in [0.2, 0.25) is 0 Å². The molecule has 0 aromatic carbocycles. The summed E-state index contributed by atoms with van der Waals surface area (Å²) >= 11 is 0. The summed E-state index contributed by atoms with van der Waals surface area (Å²) in [6.07, 6.45) is -4.36. The molecule has 2 unspecified atom stereocenters. The molecule has 1 saturated heterocycles. The normalized spacial score (nSPS) is 43.7. The molecule has 9 heteroatoms. The van der Waals surface area contributed by atoms with Crippen LogP contribution in [-0.2, 0) is 19.0 Å². The number of carboxylic acids is 1. The molecule has 3 rings (SSSR count). The number of allylic oxidation sites excluding steroid dienone is 1. The van der Waals surface area contributed by atoms with Crippen LogP contribution in [0.25, 0.3) is 0 Å². The lowest BCUT2D eigenvalue weighted by Gasteiger charge is -2.42. The summed E-state index contributed by atoms with van der Waals surface area (Å²) < 4.78 is 16.4. The van der Waals surface area contributed by atoms with E-state index in [-0.39, 0.29) is 17.4 Å². The van der Waals surface area contributed by atoms with E-state index in [1.807, 2.05) is 13.0 Å². The van der Waals surface area contributed by atoms with Gasteiger partial charge in [-0.05, 0) is 13.3 Å². The van der Waals surface area contributed by atoms with Crippen molar-refractivity contribution in [2.75, 3.05) is 6.61 Å². The molecule has 8 atom stereocenters. The predicted molar refractivity (Wildman–Crippen MR) is 80.8 cm³/mol. The standard InChI is InChI=1S/C16H22O9/c1-6-2-3-7-8(14(21)22)5-23-15(10(6)7)25-16-13(20)12(19)11(18)9(4-17)24-16/h2,5,7,9-13,15-20H,3-4H2,1H3,(H,21,22)/t7?,9-,10?,11-,12+,13-,15+,16+/m1/s1. The van der Waals surface area contributed by atoms with Crippen LogP contribution in [0.1, 0.15) is 13.3 Å². The van der Waals surface area contributed by atoms with Gasteiger partial charge < -0.3 is 39.7 Å². The van der Waals surface area contributed by atoms with Crippen molar-refractivity contribution in [3.05, 3.63) is 23.5 Å². The number of hydrogen-bond acceptors (Lipinski definition) is 8. The first kappa shape index (κ1) is 18.3. The SMILES string of the molecule is CC1=CCC2C(C(=O)O)=CO[C@@H](O[C@@H]3O[C@H](CO)[C@@H](O)[C@H](O)[C@H]3O)C12. The Bertz CT molecular complexity index is 584. The van der Waals surface area contributed by atoms with E-state index in [0.29, 0.717) is 6.42 Å². The van der Waals surface area contributed by atoms with Crippen molar-refractivity contribution in [3.63, 3.8) is 0 Å². The molecule has 1 fully saturated rings. The fourth-order valence-corrected chi connectivity index (χ4v) is 3.59. The van der Waals surface area contributed by atoms with Crippen LogP contribution in [-0.4, -0.2) is 75.1 Å². The first-order chi connectivity index (χ1) is 11.8. The maximum Gasteiger partial charge on any atom is 0.335 e. The molecule has 0 aromatic heterocycles. The minimum Gasteiger partial charge on any atom is -0.478 e. The smallest absolute Gasteiger partial charge is 0.335 e. The molecule has 0 radical (unpaired) electrons. The Labute approximate surface area is 143 Å². The molecule has 1 aliphatic carbocycles. The minimum absolute atomic E-state index is 0.145. The van der Waals surface area contributed by atoms with Crippen LogP contribution in [0.5, 0.6) is 0 Å². The third-order valence-corrected chi connectivity index (χ3v) is 5.04. The molecule has 9 nitrogen and oxygen atoms in total. The number of fused-ring (bicyclic) bond motifs is 1. The van der Waals surface area contributed by atoms with Crippen molar-refractivity contribution in [1.29, 1.82) is 0 Å². The number of rotatable bonds is 4. The summed E-state index contributed by atoms with van der Waals surface area (Å²) in [5.41, 5.74) is 1.04. The molecule has 0 spiro atoms. The average molecular weight is 358 g/mol. The maximum absolute atomic E-state index is 11.3. The predicted octanol–water partition coefficient (Wildman–Crippen LogP) is -1.29. The summed E-state index contributed by atoms with van der Waals surface area (Å²) in [5.74, 6) is -1.76. The molecule has 0 saturated carbocycles. The zero-order valence-corrected chi connectivity index (χ0v) is 13.6. The average Bonchev–Trinajstić information content (AvgIpc) is 2.97. The van der Waals surface area contributed by atoms with Crippen molar-refractivity contribution in [2.45, 2.75) is 50.3 Å². The fraction of sp³-hybridized carbons (Fsp3) is 0.688. The van der Waals surface area contributed by atoms with E-state index in [0.717, 1.165) is 11.8 Å². The molecule has 0 amide bonds. The lowest BCUT2D eigenvalue weighted by molar-refractivity contribution is -0.339. The first-order valence-electron chi connectivity index (χ1n) is 8.06. The Morgan fingerprint density at radius 1 is 1.24 bits per heavy atom. The second-order valence-corrected chi connectivity index (χ2v) is 6.53. The highest BCUT2D eigenvalue weighted by molar-refractivity contribution is 5.87. The van der Waals surface area contributed by atoms with Crippen molar-refractivity contribution in [2.24, 2.45) is 11.8 Å². The van der Waals surface area contributed by atoms with E-state index >= 15 is 0 Å². The quantitative estimate of drug-likeness (QED) is 0.387. The third kappa shape index (κ3) is 3.19. The Balaban J connectivity index is 1.78. The fourth-order valence-electron chi connectivity index (χ4n) is 3.59. The Kier molecular flexibility index (Phi) is 5.14. The number of aliphatic hydroxyl groups excluding tert-OH is 4. The summed E-state index contributed by atoms with van der Waals surface area (Å²) in [5, 5.41) is 48.2. The van der Waals surface area contributed by atoms with Crippen molar-refractivity contribution < 1.29 is 44.5 Å². The highest BCUT2D eigenvalue weighted by Crippen LogP contribution is 2.44. The summed E-state index contributed by atoms with van der Waals surface area (Å²) in [7, 11) is 0. The van der Waals surface area contributed by atoms with Gasteiger partial charge in [-0.3, -0.25) is 0 Å². The minimum atomic E-state index is -1.55. The Hall–Kier alpha value is -1.49. The van der Waals surface area contributed by atoms with E-state index < -0.39 is 49.6 Å². The largest absolute Gasteiger partial charge is 0.478 e. The second kappa shape index (κ2) is 7.02. The van der Waals surface area contributed by atoms with Crippen LogP contribution in [0.15, 0.2) is 23.5 Å². The third-order valence-electron chi connectivity index (χ3n) is 5.04. The molecule has 25 heavy (non-hydrogen) atoms. The van der Waals surface area contributed by atoms with Crippen molar-refractivity contribution >= 4 is 5.97 Å². The number of carbonyl (C=O) groups is 1. The molecule has 5 N–H and O–H groups in total. The first-order valence-corrected chi connectivity index (χ1v) is 8.06. The van der Waals surface area contributed by atoms with Gasteiger partial charge in [0.1, 0.15) is 24.4 Å². The summed E-state index contributed by atoms with van der Waals surface area (Å²) in [6, 6.07) is 0. The van der Waals surface area contributed by atoms with Crippen molar-refractivity contribution in [3.8, 4) is 0 Å². The molecular weight excluding hydrogens is 336 g/mol. The Morgan fingerprint density at radius 2 is 1.96 bits per heavy atom. The second-order valence-electron chi connectivity index (χ2n) is 6.53. The monoisotopic (exact) mass is 358 g/mol. The highest BCUT2D eigenvalue weighted by atomic mass is 16.8. The zero-order chi connectivity index (χ0) is 18.3. The van der Waals surface area contributed by atoms with E-state index in [1.165, 1.54) is 0 Å². The molecule has 2 heterocycles. The zero-order valence-electron chi connectivity index (χ0n) is 13.6. The van der Waals surface area contributed by atoms with Gasteiger partial charge in [-0.15, -0.1) is 0 Å². The molecule has 0 bridgehead atoms. The molecule has 140 valence electrons. The maximum atomic E-state index is 11.3. The number of aliphatic carboxylic acids is 1. The van der Waals surface area contributed by atoms with Gasteiger partial charge in [0.2, 0.25) is 6.29 Å². The van der Waals surface area contributed by atoms with E-state index in [2.05, 4.69) is 0 Å². The number of aliphatic hydroxyl groups is 4. The van der Waals surface area contributed by atoms with Gasteiger partial charge in [-0.25, -0.2) is 4.79 Å². The van der Waals surface area contributed by atoms with Gasteiger partial charge in [0.05, 0.1) is 18.4 Å². The van der Waals surface area contributed by atoms with E-state index in [4.69, 9.17) is 14.2 Å². The lowest BCUT2D eigenvalue weighted by Crippen LogP contribution is -2.60. The highest BCUT2D eigenvalue weighted by Gasteiger charge is 2.49. The van der Waals surface area contributed by atoms with Gasteiger partial charge >= 0.3 is 5.97 Å². The topological polar surface area (TPSA) is 146 Å². The molecule has 0 aromatic rings. The summed E-state index contributed by atoms with van der Waals surface area (Å²) in [4.78, 5) is 11.3. The van der Waals surface area contributed by atoms with Gasteiger partial charge in [0.25, 0.3) is 0 Å². The van der Waals surface area contributed by atoms with Crippen LogP contribution in [0.3, 0.4) is 0 Å². The van der Waals surface area contributed by atoms with Gasteiger partial charge in [0, 0.05) is 11.8 Å². The Morgan fingerprint density at radius 3 is 2.60 bits per heavy atom. The van der Waals surface area contributed by atoms with Crippen molar-refractivity contribution in [1.82, 2.24) is 0 Å². The molecule has 3 aliphatic rings. The van der Waals surface area contributed by atoms with Crippen LogP contribution >= 0.6 is 0 Å². The molecular formula is C16H22O9. The number of hydrogen-bond donors (Lipinski definition) is 5. The summed E-state index contributed by atoms with van der Waals surface area (Å²) in [6.45, 7) is 1.27. The lowest BCUT2D eigenvalue weighted by atomic mass is 9.84. The van der Waals surface area contributed by atoms with Crippen LogP contribution in [0, 0.1) is 11.8 Å². The van der Waals surface area contributed by atoms with Gasteiger partial charge in [-0.1, -0.05) is 11.6 Å².